The number of rotatable bonds is 4. The van der Waals surface area contributed by atoms with Gasteiger partial charge < -0.3 is 10.2 Å². The Morgan fingerprint density at radius 2 is 1.95 bits per heavy atom. The molecule has 0 bridgehead atoms. The van der Waals surface area contributed by atoms with Crippen LogP contribution in [0.2, 0.25) is 0 Å². The molecule has 0 aliphatic carbocycles. The second kappa shape index (κ2) is 6.58. The Kier molecular flexibility index (Phi) is 4.57. The Hall–Kier alpha value is -2.80. The summed E-state index contributed by atoms with van der Waals surface area (Å²) in [4.78, 5) is 13.9. The first-order valence-electron chi connectivity index (χ1n) is 6.66. The third kappa shape index (κ3) is 4.08. The molecule has 0 saturated carbocycles. The van der Waals surface area contributed by atoms with Crippen molar-refractivity contribution in [1.82, 2.24) is 0 Å². The van der Waals surface area contributed by atoms with Gasteiger partial charge in [0.25, 0.3) is 0 Å². The van der Waals surface area contributed by atoms with Crippen molar-refractivity contribution in [2.45, 2.75) is 6.92 Å². The van der Waals surface area contributed by atoms with Crippen molar-refractivity contribution in [2.75, 3.05) is 23.8 Å². The Bertz CT molecular complexity index is 671. The summed E-state index contributed by atoms with van der Waals surface area (Å²) in [6, 6.07) is 16.9. The van der Waals surface area contributed by atoms with Gasteiger partial charge in [-0.15, -0.1) is 0 Å². The minimum atomic E-state index is -0.0938. The molecule has 0 atom stereocenters. The molecule has 0 aromatic heterocycles. The molecule has 0 radical (unpaired) electrons. The number of hydrogen-bond donors (Lipinski definition) is 1. The Balaban J connectivity index is 1.96. The van der Waals surface area contributed by atoms with Crippen molar-refractivity contribution in [1.29, 1.82) is 5.26 Å². The minimum absolute atomic E-state index is 0.0938. The highest BCUT2D eigenvalue weighted by Crippen LogP contribution is 2.14. The first-order chi connectivity index (χ1) is 10.1. The second-order valence-electron chi connectivity index (χ2n) is 4.93. The molecule has 2 rings (SSSR count). The average molecular weight is 279 g/mol. The number of nitriles is 1. The first-order valence-corrected chi connectivity index (χ1v) is 6.66. The second-order valence-corrected chi connectivity index (χ2v) is 4.93. The van der Waals surface area contributed by atoms with Gasteiger partial charge >= 0.3 is 0 Å². The van der Waals surface area contributed by atoms with Crippen LogP contribution in [0.1, 0.15) is 11.1 Å². The van der Waals surface area contributed by atoms with Crippen molar-refractivity contribution < 1.29 is 4.79 Å². The van der Waals surface area contributed by atoms with E-state index in [9.17, 15) is 4.79 Å². The van der Waals surface area contributed by atoms with E-state index in [0.29, 0.717) is 11.3 Å². The number of carbonyl (C=O) groups excluding carboxylic acids is 1. The van der Waals surface area contributed by atoms with Gasteiger partial charge in [-0.1, -0.05) is 12.1 Å². The lowest BCUT2D eigenvalue weighted by atomic mass is 10.2. The van der Waals surface area contributed by atoms with Gasteiger partial charge in [0.05, 0.1) is 18.2 Å². The van der Waals surface area contributed by atoms with E-state index >= 15 is 0 Å². The molecule has 0 aliphatic heterocycles. The van der Waals surface area contributed by atoms with Crippen LogP contribution in [0.4, 0.5) is 11.4 Å². The van der Waals surface area contributed by atoms with Gasteiger partial charge in [0.15, 0.2) is 0 Å². The summed E-state index contributed by atoms with van der Waals surface area (Å²) in [5.41, 5.74) is 3.43. The fourth-order valence-corrected chi connectivity index (χ4v) is 2.00. The third-order valence-electron chi connectivity index (χ3n) is 3.12. The SMILES string of the molecule is Cc1cccc(N(C)CC(=O)Nc2ccc(C#N)cc2)c1. The number of amides is 1. The van der Waals surface area contributed by atoms with E-state index in [1.807, 2.05) is 49.2 Å². The van der Waals surface area contributed by atoms with Gasteiger partial charge in [0.2, 0.25) is 5.91 Å². The van der Waals surface area contributed by atoms with Crippen LogP contribution in [0.25, 0.3) is 0 Å². The normalized spacial score (nSPS) is 9.76. The molecule has 21 heavy (non-hydrogen) atoms. The fraction of sp³-hybridized carbons (Fsp3) is 0.176. The highest BCUT2D eigenvalue weighted by molar-refractivity contribution is 5.94. The van der Waals surface area contributed by atoms with Crippen LogP contribution in [-0.2, 0) is 4.79 Å². The highest BCUT2D eigenvalue weighted by Gasteiger charge is 2.08. The van der Waals surface area contributed by atoms with Crippen molar-refractivity contribution in [3.05, 3.63) is 59.7 Å². The lowest BCUT2D eigenvalue weighted by molar-refractivity contribution is -0.114. The molecule has 0 spiro atoms. The molecule has 0 aliphatic rings. The molecule has 2 aromatic rings. The lowest BCUT2D eigenvalue weighted by Gasteiger charge is -2.19. The maximum atomic E-state index is 12.0. The topological polar surface area (TPSA) is 56.1 Å². The van der Waals surface area contributed by atoms with Crippen molar-refractivity contribution in [3.8, 4) is 6.07 Å². The summed E-state index contributed by atoms with van der Waals surface area (Å²) < 4.78 is 0. The van der Waals surface area contributed by atoms with E-state index in [1.165, 1.54) is 0 Å². The van der Waals surface area contributed by atoms with E-state index in [-0.39, 0.29) is 12.5 Å². The number of nitrogens with one attached hydrogen (secondary N) is 1. The van der Waals surface area contributed by atoms with Gasteiger partial charge in [-0.3, -0.25) is 4.79 Å². The number of hydrogen-bond acceptors (Lipinski definition) is 3. The molecular formula is C17H17N3O. The zero-order valence-corrected chi connectivity index (χ0v) is 12.1. The van der Waals surface area contributed by atoms with Gasteiger partial charge in [-0.25, -0.2) is 0 Å². The number of nitrogens with zero attached hydrogens (tertiary/aromatic N) is 2. The zero-order valence-electron chi connectivity index (χ0n) is 12.1. The van der Waals surface area contributed by atoms with Crippen LogP contribution in [0.3, 0.4) is 0 Å². The molecule has 4 heteroatoms. The maximum Gasteiger partial charge on any atom is 0.243 e. The Labute approximate surface area is 124 Å². The van der Waals surface area contributed by atoms with Gasteiger partial charge in [0.1, 0.15) is 0 Å². The molecule has 0 fully saturated rings. The molecular weight excluding hydrogens is 262 g/mol. The predicted molar refractivity (Wildman–Crippen MR) is 84.2 cm³/mol. The summed E-state index contributed by atoms with van der Waals surface area (Å²) in [7, 11) is 1.88. The summed E-state index contributed by atoms with van der Waals surface area (Å²) in [6.07, 6.45) is 0. The summed E-state index contributed by atoms with van der Waals surface area (Å²) >= 11 is 0. The zero-order chi connectivity index (χ0) is 15.2. The fourth-order valence-electron chi connectivity index (χ4n) is 2.00. The Morgan fingerprint density at radius 1 is 1.24 bits per heavy atom. The largest absolute Gasteiger partial charge is 0.365 e. The van der Waals surface area contributed by atoms with Crippen LogP contribution in [-0.4, -0.2) is 19.5 Å². The van der Waals surface area contributed by atoms with Gasteiger partial charge in [-0.05, 0) is 48.9 Å². The smallest absolute Gasteiger partial charge is 0.243 e. The summed E-state index contributed by atoms with van der Waals surface area (Å²) in [6.45, 7) is 2.29. The average Bonchev–Trinajstić information content (AvgIpc) is 2.48. The van der Waals surface area contributed by atoms with Crippen LogP contribution in [0.5, 0.6) is 0 Å². The molecule has 0 heterocycles. The summed E-state index contributed by atoms with van der Waals surface area (Å²) in [5.74, 6) is -0.0938. The highest BCUT2D eigenvalue weighted by atomic mass is 16.2. The molecule has 0 saturated heterocycles. The predicted octanol–water partition coefficient (Wildman–Crippen LogP) is 2.94. The number of anilines is 2. The minimum Gasteiger partial charge on any atom is -0.365 e. The first kappa shape index (κ1) is 14.6. The number of carbonyl (C=O) groups is 1. The van der Waals surface area contributed by atoms with E-state index in [4.69, 9.17) is 5.26 Å². The van der Waals surface area contributed by atoms with Crippen LogP contribution < -0.4 is 10.2 Å². The van der Waals surface area contributed by atoms with Crippen LogP contribution in [0, 0.1) is 18.3 Å². The standard InChI is InChI=1S/C17H17N3O/c1-13-4-3-5-16(10-13)20(2)12-17(21)19-15-8-6-14(11-18)7-9-15/h3-10H,12H2,1-2H3,(H,19,21). The van der Waals surface area contributed by atoms with E-state index in [2.05, 4.69) is 5.32 Å². The van der Waals surface area contributed by atoms with E-state index in [0.717, 1.165) is 11.3 Å². The monoisotopic (exact) mass is 279 g/mol. The van der Waals surface area contributed by atoms with Gasteiger partial charge in [0, 0.05) is 18.4 Å². The molecule has 1 N–H and O–H groups in total. The molecule has 0 unspecified atom stereocenters. The quantitative estimate of drug-likeness (QED) is 0.936. The molecule has 106 valence electrons. The molecule has 4 nitrogen and oxygen atoms in total. The number of likely N-dealkylation sites (N-methyl/N-ethyl adjacent to an activating group) is 1. The van der Waals surface area contributed by atoms with E-state index < -0.39 is 0 Å². The van der Waals surface area contributed by atoms with Crippen molar-refractivity contribution in [3.63, 3.8) is 0 Å². The third-order valence-corrected chi connectivity index (χ3v) is 3.12. The lowest BCUT2D eigenvalue weighted by Crippen LogP contribution is -2.30. The molecule has 1 amide bonds. The van der Waals surface area contributed by atoms with Crippen molar-refractivity contribution >= 4 is 17.3 Å². The maximum absolute atomic E-state index is 12.0. The molecule has 2 aromatic carbocycles. The van der Waals surface area contributed by atoms with Crippen molar-refractivity contribution in [2.24, 2.45) is 0 Å². The van der Waals surface area contributed by atoms with Crippen LogP contribution in [0.15, 0.2) is 48.5 Å². The van der Waals surface area contributed by atoms with Crippen LogP contribution >= 0.6 is 0 Å². The number of aryl methyl sites for hydroxylation is 1. The van der Waals surface area contributed by atoms with Gasteiger partial charge in [-0.2, -0.15) is 5.26 Å². The summed E-state index contributed by atoms with van der Waals surface area (Å²) in [5, 5.41) is 11.6. The number of benzene rings is 2. The Morgan fingerprint density at radius 3 is 2.57 bits per heavy atom. The van der Waals surface area contributed by atoms with E-state index in [1.54, 1.807) is 24.3 Å².